The fourth-order valence-corrected chi connectivity index (χ4v) is 2.97. The number of hydrogen-bond donors (Lipinski definition) is 2. The van der Waals surface area contributed by atoms with Gasteiger partial charge < -0.3 is 19.5 Å². The molecule has 0 aromatic heterocycles. The molecule has 0 fully saturated rings. The van der Waals surface area contributed by atoms with Gasteiger partial charge in [0.25, 0.3) is 11.8 Å². The lowest BCUT2D eigenvalue weighted by Crippen LogP contribution is -2.34. The number of ether oxygens (including phenoxy) is 3. The van der Waals surface area contributed by atoms with Gasteiger partial charge in [-0.15, -0.1) is 0 Å². The highest BCUT2D eigenvalue weighted by atomic mass is 35.5. The number of hydrogen-bond acceptors (Lipinski definition) is 6. The molecule has 3 aromatic carbocycles. The molecule has 0 atom stereocenters. The van der Waals surface area contributed by atoms with Crippen molar-refractivity contribution in [3.8, 4) is 17.2 Å². The highest BCUT2D eigenvalue weighted by Crippen LogP contribution is 2.28. The van der Waals surface area contributed by atoms with Gasteiger partial charge in [-0.05, 0) is 65.7 Å². The predicted octanol–water partition coefficient (Wildman–Crippen LogP) is 3.82. The number of carbonyl (C=O) groups excluding carboxylic acids is 2. The molecule has 0 aliphatic carbocycles. The third kappa shape index (κ3) is 7.25. The van der Waals surface area contributed by atoms with Gasteiger partial charge >= 0.3 is 0 Å². The largest absolute Gasteiger partial charge is 0.497 e. The molecule has 0 radical (unpaired) electrons. The van der Waals surface area contributed by atoms with Crippen molar-refractivity contribution in [1.82, 2.24) is 10.7 Å². The molecule has 0 heterocycles. The van der Waals surface area contributed by atoms with E-state index in [2.05, 4.69) is 15.8 Å². The number of amides is 2. The van der Waals surface area contributed by atoms with Gasteiger partial charge in [0.05, 0.1) is 27.0 Å². The third-order valence-corrected chi connectivity index (χ3v) is 4.91. The van der Waals surface area contributed by atoms with E-state index in [0.29, 0.717) is 40.0 Å². The molecule has 3 rings (SSSR count). The summed E-state index contributed by atoms with van der Waals surface area (Å²) >= 11 is 5.90. The molecule has 2 N–H and O–H groups in total. The van der Waals surface area contributed by atoms with Crippen LogP contribution in [0.25, 0.3) is 0 Å². The monoisotopic (exact) mass is 481 g/mol. The standard InChI is InChI=1S/C25H24ClN3O5/c1-32-21-10-6-19(7-11-21)25(31)27-15-24(30)29-28-14-18-5-12-22(23(13-18)33-2)34-16-17-3-8-20(26)9-4-17/h3-14H,15-16H2,1-2H3,(H,27,31)(H,29,30)/b28-14-. The summed E-state index contributed by atoms with van der Waals surface area (Å²) in [5, 5.41) is 7.12. The molecule has 0 saturated carbocycles. The van der Waals surface area contributed by atoms with Crippen LogP contribution in [0.2, 0.25) is 5.02 Å². The van der Waals surface area contributed by atoms with Gasteiger partial charge in [-0.3, -0.25) is 9.59 Å². The lowest BCUT2D eigenvalue weighted by atomic mass is 10.2. The first kappa shape index (κ1) is 24.6. The van der Waals surface area contributed by atoms with Crippen molar-refractivity contribution < 1.29 is 23.8 Å². The van der Waals surface area contributed by atoms with Gasteiger partial charge in [0.1, 0.15) is 12.4 Å². The minimum atomic E-state index is -0.465. The maximum Gasteiger partial charge on any atom is 0.259 e. The van der Waals surface area contributed by atoms with Gasteiger partial charge in [-0.1, -0.05) is 23.7 Å². The van der Waals surface area contributed by atoms with Crippen LogP contribution < -0.4 is 25.0 Å². The molecule has 0 unspecified atom stereocenters. The predicted molar refractivity (Wildman–Crippen MR) is 130 cm³/mol. The fraction of sp³-hybridized carbons (Fsp3) is 0.160. The summed E-state index contributed by atoms with van der Waals surface area (Å²) in [5.74, 6) is 0.894. The lowest BCUT2D eigenvalue weighted by molar-refractivity contribution is -0.120. The molecule has 0 aliphatic rings. The molecule has 9 heteroatoms. The topological polar surface area (TPSA) is 98.2 Å². The van der Waals surface area contributed by atoms with Crippen molar-refractivity contribution in [2.45, 2.75) is 6.61 Å². The van der Waals surface area contributed by atoms with Crippen LogP contribution >= 0.6 is 11.6 Å². The van der Waals surface area contributed by atoms with Crippen LogP contribution in [0.1, 0.15) is 21.5 Å². The van der Waals surface area contributed by atoms with Crippen LogP contribution in [0.3, 0.4) is 0 Å². The average Bonchev–Trinajstić information content (AvgIpc) is 2.87. The van der Waals surface area contributed by atoms with Crippen molar-refractivity contribution in [2.75, 3.05) is 20.8 Å². The first-order chi connectivity index (χ1) is 16.5. The SMILES string of the molecule is COc1ccc(C(=O)NCC(=O)N/N=C\c2ccc(OCc3ccc(Cl)cc3)c(OC)c2)cc1. The van der Waals surface area contributed by atoms with Crippen molar-refractivity contribution in [1.29, 1.82) is 0 Å². The first-order valence-corrected chi connectivity index (χ1v) is 10.7. The Bertz CT molecular complexity index is 1150. The van der Waals surface area contributed by atoms with Crippen LogP contribution in [-0.4, -0.2) is 38.8 Å². The highest BCUT2D eigenvalue weighted by molar-refractivity contribution is 6.30. The zero-order chi connectivity index (χ0) is 24.3. The fourth-order valence-electron chi connectivity index (χ4n) is 2.85. The number of nitrogens with one attached hydrogen (secondary N) is 2. The van der Waals surface area contributed by atoms with E-state index < -0.39 is 5.91 Å². The lowest BCUT2D eigenvalue weighted by Gasteiger charge is -2.11. The smallest absolute Gasteiger partial charge is 0.259 e. The molecule has 2 amide bonds. The van der Waals surface area contributed by atoms with Crippen LogP contribution in [0.15, 0.2) is 71.8 Å². The number of halogens is 1. The summed E-state index contributed by atoms with van der Waals surface area (Å²) in [4.78, 5) is 24.1. The molecule has 0 saturated heterocycles. The minimum Gasteiger partial charge on any atom is -0.497 e. The third-order valence-electron chi connectivity index (χ3n) is 4.66. The molecule has 0 spiro atoms. The molecule has 34 heavy (non-hydrogen) atoms. The Morgan fingerprint density at radius 2 is 1.68 bits per heavy atom. The van der Waals surface area contributed by atoms with E-state index in [0.717, 1.165) is 5.56 Å². The molecule has 0 bridgehead atoms. The second-order valence-electron chi connectivity index (χ2n) is 7.03. The Labute approximate surface area is 202 Å². The number of rotatable bonds is 10. The Hall–Kier alpha value is -4.04. The van der Waals surface area contributed by atoms with E-state index in [1.807, 2.05) is 12.1 Å². The Kier molecular flexibility index (Phi) is 8.88. The van der Waals surface area contributed by atoms with E-state index in [1.54, 1.807) is 68.8 Å². The summed E-state index contributed by atoms with van der Waals surface area (Å²) < 4.78 is 16.3. The van der Waals surface area contributed by atoms with E-state index in [4.69, 9.17) is 25.8 Å². The minimum absolute atomic E-state index is 0.219. The zero-order valence-electron chi connectivity index (χ0n) is 18.7. The van der Waals surface area contributed by atoms with Crippen molar-refractivity contribution >= 4 is 29.6 Å². The number of benzene rings is 3. The molecule has 0 aliphatic heterocycles. The Morgan fingerprint density at radius 3 is 2.35 bits per heavy atom. The van der Waals surface area contributed by atoms with Crippen LogP contribution in [0.5, 0.6) is 17.2 Å². The van der Waals surface area contributed by atoms with Gasteiger partial charge in [-0.2, -0.15) is 5.10 Å². The quantitative estimate of drug-likeness (QED) is 0.339. The Balaban J connectivity index is 1.48. The molecule has 8 nitrogen and oxygen atoms in total. The van der Waals surface area contributed by atoms with E-state index in [1.165, 1.54) is 6.21 Å². The summed E-state index contributed by atoms with van der Waals surface area (Å²) in [7, 11) is 3.08. The van der Waals surface area contributed by atoms with Gasteiger partial charge in [-0.25, -0.2) is 5.43 Å². The van der Waals surface area contributed by atoms with Crippen LogP contribution in [0.4, 0.5) is 0 Å². The number of methoxy groups -OCH3 is 2. The average molecular weight is 482 g/mol. The number of carbonyl (C=O) groups is 2. The number of nitrogens with zero attached hydrogens (tertiary/aromatic N) is 1. The summed E-state index contributed by atoms with van der Waals surface area (Å²) in [6.45, 7) is 0.141. The maximum absolute atomic E-state index is 12.1. The van der Waals surface area contributed by atoms with Gasteiger partial charge in [0.2, 0.25) is 0 Å². The summed E-state index contributed by atoms with van der Waals surface area (Å²) in [6.07, 6.45) is 1.47. The second kappa shape index (κ2) is 12.3. The Morgan fingerprint density at radius 1 is 0.941 bits per heavy atom. The van der Waals surface area contributed by atoms with Crippen molar-refractivity contribution in [2.24, 2.45) is 5.10 Å². The number of hydrazone groups is 1. The van der Waals surface area contributed by atoms with Crippen molar-refractivity contribution in [3.63, 3.8) is 0 Å². The molecular weight excluding hydrogens is 458 g/mol. The highest BCUT2D eigenvalue weighted by Gasteiger charge is 2.08. The molecular formula is C25H24ClN3O5. The van der Waals surface area contributed by atoms with E-state index >= 15 is 0 Å². The van der Waals surface area contributed by atoms with E-state index in [9.17, 15) is 9.59 Å². The maximum atomic E-state index is 12.1. The second-order valence-corrected chi connectivity index (χ2v) is 7.47. The van der Waals surface area contributed by atoms with Gasteiger partial charge in [0.15, 0.2) is 11.5 Å². The molecule has 176 valence electrons. The van der Waals surface area contributed by atoms with Crippen LogP contribution in [0, 0.1) is 0 Å². The summed E-state index contributed by atoms with van der Waals surface area (Å²) in [5.41, 5.74) is 4.46. The van der Waals surface area contributed by atoms with Crippen LogP contribution in [-0.2, 0) is 11.4 Å². The van der Waals surface area contributed by atoms with E-state index in [-0.39, 0.29) is 12.5 Å². The normalized spacial score (nSPS) is 10.6. The molecule has 3 aromatic rings. The zero-order valence-corrected chi connectivity index (χ0v) is 19.5. The first-order valence-electron chi connectivity index (χ1n) is 10.3. The summed E-state index contributed by atoms with van der Waals surface area (Å²) in [6, 6.07) is 19.2. The van der Waals surface area contributed by atoms with Gasteiger partial charge in [0, 0.05) is 10.6 Å². The van der Waals surface area contributed by atoms with Crippen molar-refractivity contribution in [3.05, 3.63) is 88.4 Å².